The van der Waals surface area contributed by atoms with Crippen LogP contribution in [0.3, 0.4) is 0 Å². The molecule has 3 rings (SSSR count). The molecule has 0 aliphatic carbocycles. The van der Waals surface area contributed by atoms with Crippen LogP contribution in [-0.4, -0.2) is 23.9 Å². The van der Waals surface area contributed by atoms with Crippen molar-refractivity contribution in [1.82, 2.24) is 15.5 Å². The molecule has 1 aliphatic heterocycles. The number of nitrogens with zero attached hydrogens (tertiary/aromatic N) is 2. The number of hydrogen-bond acceptors (Lipinski definition) is 5. The van der Waals surface area contributed by atoms with E-state index in [2.05, 4.69) is 15.5 Å². The molecule has 0 saturated carbocycles. The van der Waals surface area contributed by atoms with Crippen LogP contribution in [0.2, 0.25) is 0 Å². The molecule has 1 aliphatic rings. The Morgan fingerprint density at radius 1 is 1.21 bits per heavy atom. The van der Waals surface area contributed by atoms with Gasteiger partial charge in [0.2, 0.25) is 11.8 Å². The highest BCUT2D eigenvalue weighted by molar-refractivity contribution is 5.53. The number of piperidine rings is 1. The van der Waals surface area contributed by atoms with Gasteiger partial charge in [0.05, 0.1) is 13.2 Å². The Labute approximate surface area is 112 Å². The van der Waals surface area contributed by atoms with Crippen LogP contribution in [0.15, 0.2) is 28.7 Å². The molecule has 0 radical (unpaired) electrons. The average Bonchev–Trinajstić information content (AvgIpc) is 2.98. The molecule has 19 heavy (non-hydrogen) atoms. The molecule has 1 atom stereocenters. The first-order valence-electron chi connectivity index (χ1n) is 6.58. The van der Waals surface area contributed by atoms with Crippen LogP contribution < -0.4 is 10.1 Å². The van der Waals surface area contributed by atoms with Crippen molar-refractivity contribution in [1.29, 1.82) is 0 Å². The van der Waals surface area contributed by atoms with E-state index in [0.29, 0.717) is 11.8 Å². The summed E-state index contributed by atoms with van der Waals surface area (Å²) in [7, 11) is 1.65. The van der Waals surface area contributed by atoms with Gasteiger partial charge in [0.1, 0.15) is 5.75 Å². The maximum atomic E-state index is 5.76. The summed E-state index contributed by atoms with van der Waals surface area (Å²) >= 11 is 0. The van der Waals surface area contributed by atoms with Crippen molar-refractivity contribution >= 4 is 0 Å². The van der Waals surface area contributed by atoms with E-state index < -0.39 is 0 Å². The van der Waals surface area contributed by atoms with Gasteiger partial charge in [-0.1, -0.05) is 6.42 Å². The molecule has 5 nitrogen and oxygen atoms in total. The van der Waals surface area contributed by atoms with Crippen molar-refractivity contribution in [3.05, 3.63) is 30.2 Å². The number of nitrogens with one attached hydrogen (secondary N) is 1. The van der Waals surface area contributed by atoms with E-state index in [0.717, 1.165) is 24.3 Å². The summed E-state index contributed by atoms with van der Waals surface area (Å²) in [5.41, 5.74) is 0.912. The van der Waals surface area contributed by atoms with Crippen LogP contribution >= 0.6 is 0 Å². The van der Waals surface area contributed by atoms with Gasteiger partial charge in [-0.2, -0.15) is 0 Å². The fourth-order valence-electron chi connectivity index (χ4n) is 2.29. The van der Waals surface area contributed by atoms with Crippen molar-refractivity contribution in [3.8, 4) is 17.2 Å². The van der Waals surface area contributed by atoms with E-state index >= 15 is 0 Å². The largest absolute Gasteiger partial charge is 0.497 e. The first-order chi connectivity index (χ1) is 9.36. The van der Waals surface area contributed by atoms with Crippen molar-refractivity contribution in [3.63, 3.8) is 0 Å². The second kappa shape index (κ2) is 5.40. The number of rotatable bonds is 3. The first kappa shape index (κ1) is 12.2. The average molecular weight is 259 g/mol. The van der Waals surface area contributed by atoms with Crippen LogP contribution in [0.25, 0.3) is 11.5 Å². The number of aromatic nitrogens is 2. The van der Waals surface area contributed by atoms with E-state index in [1.54, 1.807) is 7.11 Å². The highest BCUT2D eigenvalue weighted by atomic mass is 16.5. The van der Waals surface area contributed by atoms with Gasteiger partial charge < -0.3 is 14.5 Å². The Morgan fingerprint density at radius 3 is 2.74 bits per heavy atom. The molecular formula is C14H17N3O2. The predicted octanol–water partition coefficient (Wildman–Crippen LogP) is 2.56. The monoisotopic (exact) mass is 259 g/mol. The lowest BCUT2D eigenvalue weighted by Crippen LogP contribution is -2.26. The molecule has 0 amide bonds. The quantitative estimate of drug-likeness (QED) is 0.918. The topological polar surface area (TPSA) is 60.2 Å². The molecule has 100 valence electrons. The van der Waals surface area contributed by atoms with Crippen molar-refractivity contribution in [2.75, 3.05) is 13.7 Å². The zero-order valence-electron chi connectivity index (χ0n) is 10.9. The Bertz CT molecular complexity index is 530. The SMILES string of the molecule is COc1ccc(-c2nnc(C3CCCCN3)o2)cc1. The van der Waals surface area contributed by atoms with Crippen molar-refractivity contribution < 1.29 is 9.15 Å². The van der Waals surface area contributed by atoms with Crippen LogP contribution in [-0.2, 0) is 0 Å². The van der Waals surface area contributed by atoms with E-state index in [1.165, 1.54) is 12.8 Å². The minimum absolute atomic E-state index is 0.202. The lowest BCUT2D eigenvalue weighted by Gasteiger charge is -2.19. The third kappa shape index (κ3) is 2.61. The van der Waals surface area contributed by atoms with E-state index in [1.807, 2.05) is 24.3 Å². The molecule has 2 aromatic rings. The molecule has 1 saturated heterocycles. The van der Waals surface area contributed by atoms with Gasteiger partial charge in [0.15, 0.2) is 0 Å². The number of ether oxygens (including phenoxy) is 1. The first-order valence-corrected chi connectivity index (χ1v) is 6.58. The highest BCUT2D eigenvalue weighted by Gasteiger charge is 2.21. The number of methoxy groups -OCH3 is 1. The smallest absolute Gasteiger partial charge is 0.247 e. The lowest BCUT2D eigenvalue weighted by atomic mass is 10.1. The second-order valence-electron chi connectivity index (χ2n) is 4.68. The summed E-state index contributed by atoms with van der Waals surface area (Å²) in [6.45, 7) is 1.02. The molecule has 0 bridgehead atoms. The third-order valence-corrected chi connectivity index (χ3v) is 3.39. The Morgan fingerprint density at radius 2 is 2.05 bits per heavy atom. The van der Waals surface area contributed by atoms with Gasteiger partial charge in [0, 0.05) is 5.56 Å². The number of hydrogen-bond donors (Lipinski definition) is 1. The van der Waals surface area contributed by atoms with Gasteiger partial charge in [-0.25, -0.2) is 0 Å². The standard InChI is InChI=1S/C14H17N3O2/c1-18-11-7-5-10(6-8-11)13-16-17-14(19-13)12-4-2-3-9-15-12/h5-8,12,15H,2-4,9H2,1H3. The van der Waals surface area contributed by atoms with Gasteiger partial charge in [-0.05, 0) is 43.7 Å². The molecule has 1 aromatic heterocycles. The summed E-state index contributed by atoms with van der Waals surface area (Å²) in [5.74, 6) is 2.06. The van der Waals surface area contributed by atoms with Crippen LogP contribution in [0, 0.1) is 0 Å². The third-order valence-electron chi connectivity index (χ3n) is 3.39. The molecule has 0 spiro atoms. The zero-order chi connectivity index (χ0) is 13.1. The highest BCUT2D eigenvalue weighted by Crippen LogP contribution is 2.26. The van der Waals surface area contributed by atoms with E-state index in [9.17, 15) is 0 Å². The summed E-state index contributed by atoms with van der Waals surface area (Å²) in [5, 5.41) is 11.7. The fraction of sp³-hybridized carbons (Fsp3) is 0.429. The molecule has 2 heterocycles. The van der Waals surface area contributed by atoms with E-state index in [4.69, 9.17) is 9.15 Å². The Hall–Kier alpha value is -1.88. The van der Waals surface area contributed by atoms with Gasteiger partial charge >= 0.3 is 0 Å². The van der Waals surface area contributed by atoms with Crippen LogP contribution in [0.4, 0.5) is 0 Å². The van der Waals surface area contributed by atoms with Gasteiger partial charge in [0.25, 0.3) is 0 Å². The van der Waals surface area contributed by atoms with Crippen molar-refractivity contribution in [2.24, 2.45) is 0 Å². The molecular weight excluding hydrogens is 242 g/mol. The molecule has 1 N–H and O–H groups in total. The van der Waals surface area contributed by atoms with Gasteiger partial charge in [-0.15, -0.1) is 10.2 Å². The van der Waals surface area contributed by atoms with Crippen molar-refractivity contribution in [2.45, 2.75) is 25.3 Å². The normalized spacial score (nSPS) is 19.3. The lowest BCUT2D eigenvalue weighted by molar-refractivity contribution is 0.342. The van der Waals surface area contributed by atoms with Gasteiger partial charge in [-0.3, -0.25) is 0 Å². The summed E-state index contributed by atoms with van der Waals surface area (Å²) in [4.78, 5) is 0. The molecule has 1 aromatic carbocycles. The minimum atomic E-state index is 0.202. The summed E-state index contributed by atoms with van der Waals surface area (Å²) < 4.78 is 10.9. The van der Waals surface area contributed by atoms with E-state index in [-0.39, 0.29) is 6.04 Å². The maximum Gasteiger partial charge on any atom is 0.247 e. The second-order valence-corrected chi connectivity index (χ2v) is 4.68. The zero-order valence-corrected chi connectivity index (χ0v) is 10.9. The molecule has 1 fully saturated rings. The summed E-state index contributed by atoms with van der Waals surface area (Å²) in [6.07, 6.45) is 3.48. The molecule has 1 unspecified atom stereocenters. The Kier molecular flexibility index (Phi) is 3.46. The van der Waals surface area contributed by atoms with Crippen LogP contribution in [0.1, 0.15) is 31.2 Å². The minimum Gasteiger partial charge on any atom is -0.497 e. The Balaban J connectivity index is 1.79. The number of benzene rings is 1. The molecule has 5 heteroatoms. The predicted molar refractivity (Wildman–Crippen MR) is 70.9 cm³/mol. The summed E-state index contributed by atoms with van der Waals surface area (Å²) in [6, 6.07) is 7.82. The van der Waals surface area contributed by atoms with Crippen LogP contribution in [0.5, 0.6) is 5.75 Å². The maximum absolute atomic E-state index is 5.76. The fourth-order valence-corrected chi connectivity index (χ4v) is 2.29.